The molecule has 156 valence electrons. The lowest BCUT2D eigenvalue weighted by Crippen LogP contribution is -2.52. The maximum Gasteiger partial charge on any atom is 0.287 e. The fraction of sp³-hybridized carbons (Fsp3) is 0.400. The van der Waals surface area contributed by atoms with E-state index in [2.05, 4.69) is 10.0 Å². The molecular weight excluding hydrogens is 394 g/mol. The predicted molar refractivity (Wildman–Crippen MR) is 107 cm³/mol. The average molecular weight is 420 g/mol. The van der Waals surface area contributed by atoms with Crippen molar-refractivity contribution in [2.45, 2.75) is 43.7 Å². The number of nitrogens with zero attached hydrogens (tertiary/aromatic N) is 1. The summed E-state index contributed by atoms with van der Waals surface area (Å²) in [6.07, 6.45) is 2.41. The molecule has 0 saturated carbocycles. The Bertz CT molecular complexity index is 947. The van der Waals surface area contributed by atoms with Crippen LogP contribution >= 0.6 is 0 Å². The van der Waals surface area contributed by atoms with Crippen LogP contribution in [0.4, 0.5) is 0 Å². The molecule has 1 aromatic carbocycles. The van der Waals surface area contributed by atoms with Crippen LogP contribution in [-0.2, 0) is 14.8 Å². The minimum absolute atomic E-state index is 0.147. The first-order chi connectivity index (χ1) is 13.8. The van der Waals surface area contributed by atoms with Gasteiger partial charge in [-0.25, -0.2) is 13.1 Å². The summed E-state index contributed by atoms with van der Waals surface area (Å²) in [4.78, 5) is 26.5. The molecule has 0 aliphatic carbocycles. The van der Waals surface area contributed by atoms with Crippen molar-refractivity contribution in [2.24, 2.45) is 0 Å². The summed E-state index contributed by atoms with van der Waals surface area (Å²) < 4.78 is 32.8. The van der Waals surface area contributed by atoms with Gasteiger partial charge in [0, 0.05) is 19.1 Å². The number of aryl methyl sites for hydroxylation is 1. The van der Waals surface area contributed by atoms with Crippen LogP contribution in [0.15, 0.2) is 52.0 Å². The van der Waals surface area contributed by atoms with Gasteiger partial charge in [-0.2, -0.15) is 0 Å². The number of sulfonamides is 1. The largest absolute Gasteiger partial charge is 0.459 e. The molecule has 1 atom stereocenters. The molecule has 1 aromatic heterocycles. The zero-order valence-electron chi connectivity index (χ0n) is 16.4. The Morgan fingerprint density at radius 1 is 1.14 bits per heavy atom. The van der Waals surface area contributed by atoms with E-state index in [0.29, 0.717) is 25.9 Å². The van der Waals surface area contributed by atoms with E-state index in [1.165, 1.54) is 12.3 Å². The van der Waals surface area contributed by atoms with Gasteiger partial charge in [0.2, 0.25) is 15.9 Å². The molecule has 8 nitrogen and oxygen atoms in total. The number of amides is 2. The van der Waals surface area contributed by atoms with Crippen LogP contribution in [0.5, 0.6) is 0 Å². The van der Waals surface area contributed by atoms with Crippen LogP contribution in [0.1, 0.15) is 35.9 Å². The lowest BCUT2D eigenvalue weighted by molar-refractivity contribution is -0.133. The van der Waals surface area contributed by atoms with Crippen LogP contribution in [-0.4, -0.2) is 50.3 Å². The number of nitrogens with one attached hydrogen (secondary N) is 2. The summed E-state index contributed by atoms with van der Waals surface area (Å²) in [7, 11) is -3.59. The van der Waals surface area contributed by atoms with Crippen LogP contribution in [0, 0.1) is 6.92 Å². The second-order valence-corrected chi connectivity index (χ2v) is 8.92. The van der Waals surface area contributed by atoms with Crippen molar-refractivity contribution in [3.8, 4) is 0 Å². The first-order valence-corrected chi connectivity index (χ1v) is 11.0. The van der Waals surface area contributed by atoms with Gasteiger partial charge in [0.05, 0.1) is 11.2 Å². The molecule has 1 fully saturated rings. The zero-order chi connectivity index (χ0) is 21.0. The molecule has 2 aromatic rings. The van der Waals surface area contributed by atoms with Gasteiger partial charge in [-0.05, 0) is 51.0 Å². The molecule has 2 N–H and O–H groups in total. The number of piperidine rings is 1. The molecule has 0 bridgehead atoms. The Morgan fingerprint density at radius 3 is 2.38 bits per heavy atom. The first-order valence-electron chi connectivity index (χ1n) is 9.48. The third-order valence-electron chi connectivity index (χ3n) is 4.92. The summed E-state index contributed by atoms with van der Waals surface area (Å²) in [5.41, 5.74) is 0.990. The predicted octanol–water partition coefficient (Wildman–Crippen LogP) is 1.68. The van der Waals surface area contributed by atoms with E-state index in [0.717, 1.165) is 5.56 Å². The molecule has 29 heavy (non-hydrogen) atoms. The highest BCUT2D eigenvalue weighted by atomic mass is 32.2. The van der Waals surface area contributed by atoms with Crippen molar-refractivity contribution in [1.29, 1.82) is 0 Å². The third kappa shape index (κ3) is 5.24. The molecule has 1 aliphatic rings. The van der Waals surface area contributed by atoms with Gasteiger partial charge in [0.1, 0.15) is 6.04 Å². The number of furan rings is 1. The van der Waals surface area contributed by atoms with Crippen LogP contribution in [0.2, 0.25) is 0 Å². The number of carbonyl (C=O) groups is 2. The SMILES string of the molecule is Cc1ccc(S(=O)(=O)NC2CCN(C(=O)[C@@H](C)NC(=O)c3ccco3)CC2)cc1. The third-order valence-corrected chi connectivity index (χ3v) is 6.46. The highest BCUT2D eigenvalue weighted by molar-refractivity contribution is 7.89. The fourth-order valence-electron chi connectivity index (χ4n) is 3.23. The van der Waals surface area contributed by atoms with E-state index in [1.54, 1.807) is 42.2 Å². The van der Waals surface area contributed by atoms with Crippen molar-refractivity contribution in [3.63, 3.8) is 0 Å². The maximum absolute atomic E-state index is 12.6. The van der Waals surface area contributed by atoms with Crippen molar-refractivity contribution >= 4 is 21.8 Å². The van der Waals surface area contributed by atoms with Crippen molar-refractivity contribution in [3.05, 3.63) is 54.0 Å². The molecular formula is C20H25N3O5S. The highest BCUT2D eigenvalue weighted by Crippen LogP contribution is 2.16. The smallest absolute Gasteiger partial charge is 0.287 e. The van der Waals surface area contributed by atoms with E-state index in [4.69, 9.17) is 4.42 Å². The summed E-state index contributed by atoms with van der Waals surface area (Å²) in [6, 6.07) is 8.87. The number of carbonyl (C=O) groups excluding carboxylic acids is 2. The monoisotopic (exact) mass is 419 g/mol. The van der Waals surface area contributed by atoms with E-state index in [9.17, 15) is 18.0 Å². The van der Waals surface area contributed by atoms with Gasteiger partial charge in [-0.1, -0.05) is 17.7 Å². The fourth-order valence-corrected chi connectivity index (χ4v) is 4.54. The van der Waals surface area contributed by atoms with E-state index >= 15 is 0 Å². The lowest BCUT2D eigenvalue weighted by Gasteiger charge is -2.33. The van der Waals surface area contributed by atoms with Crippen molar-refractivity contribution in [2.75, 3.05) is 13.1 Å². The molecule has 2 amide bonds. The van der Waals surface area contributed by atoms with Crippen LogP contribution < -0.4 is 10.0 Å². The van der Waals surface area contributed by atoms with Gasteiger partial charge >= 0.3 is 0 Å². The topological polar surface area (TPSA) is 109 Å². The lowest BCUT2D eigenvalue weighted by atomic mass is 10.1. The van der Waals surface area contributed by atoms with E-state index in [-0.39, 0.29) is 22.6 Å². The van der Waals surface area contributed by atoms with E-state index < -0.39 is 22.0 Å². The molecule has 1 aliphatic heterocycles. The molecule has 2 heterocycles. The average Bonchev–Trinajstić information content (AvgIpc) is 3.23. The summed E-state index contributed by atoms with van der Waals surface area (Å²) >= 11 is 0. The minimum atomic E-state index is -3.59. The molecule has 3 rings (SSSR count). The number of hydrogen-bond donors (Lipinski definition) is 2. The van der Waals surface area contributed by atoms with Gasteiger partial charge < -0.3 is 14.6 Å². The number of likely N-dealkylation sites (tertiary alicyclic amines) is 1. The first kappa shape index (κ1) is 21.1. The Hall–Kier alpha value is -2.65. The normalized spacial score (nSPS) is 16.4. The van der Waals surface area contributed by atoms with Crippen LogP contribution in [0.3, 0.4) is 0 Å². The van der Waals surface area contributed by atoms with Crippen molar-refractivity contribution < 1.29 is 22.4 Å². The molecule has 1 saturated heterocycles. The molecule has 0 spiro atoms. The summed E-state index contributed by atoms with van der Waals surface area (Å²) in [6.45, 7) is 4.35. The number of rotatable bonds is 6. The second kappa shape index (κ2) is 8.79. The quantitative estimate of drug-likeness (QED) is 0.740. The van der Waals surface area contributed by atoms with Gasteiger partial charge in [0.25, 0.3) is 5.91 Å². The van der Waals surface area contributed by atoms with Gasteiger partial charge in [0.15, 0.2) is 5.76 Å². The minimum Gasteiger partial charge on any atom is -0.459 e. The zero-order valence-corrected chi connectivity index (χ0v) is 17.2. The standard InChI is InChI=1S/C20H25N3O5S/c1-14-5-7-17(8-6-14)29(26,27)22-16-9-11-23(12-10-16)20(25)15(2)21-19(24)18-4-3-13-28-18/h3-8,13,15-16,22H,9-12H2,1-2H3,(H,21,24)/t15-/m1/s1. The van der Waals surface area contributed by atoms with Crippen molar-refractivity contribution in [1.82, 2.24) is 14.9 Å². The summed E-state index contributed by atoms with van der Waals surface area (Å²) in [5, 5.41) is 2.62. The molecule has 0 unspecified atom stereocenters. The second-order valence-electron chi connectivity index (χ2n) is 7.21. The number of hydrogen-bond acceptors (Lipinski definition) is 5. The Kier molecular flexibility index (Phi) is 6.39. The van der Waals surface area contributed by atoms with E-state index in [1.807, 2.05) is 6.92 Å². The van der Waals surface area contributed by atoms with Crippen LogP contribution in [0.25, 0.3) is 0 Å². The molecule has 9 heteroatoms. The number of benzene rings is 1. The van der Waals surface area contributed by atoms with Gasteiger partial charge in [-0.15, -0.1) is 0 Å². The Labute approximate surface area is 170 Å². The Morgan fingerprint density at radius 2 is 1.79 bits per heavy atom. The Balaban J connectivity index is 1.51. The highest BCUT2D eigenvalue weighted by Gasteiger charge is 2.29. The molecule has 0 radical (unpaired) electrons. The maximum atomic E-state index is 12.6. The van der Waals surface area contributed by atoms with Gasteiger partial charge in [-0.3, -0.25) is 9.59 Å². The summed E-state index contributed by atoms with van der Waals surface area (Å²) in [5.74, 6) is -0.504.